The summed E-state index contributed by atoms with van der Waals surface area (Å²) in [4.78, 5) is 11.6. The summed E-state index contributed by atoms with van der Waals surface area (Å²) >= 11 is 0. The first-order chi connectivity index (χ1) is 9.06. The van der Waals surface area contributed by atoms with Gasteiger partial charge in [0.2, 0.25) is 15.9 Å². The van der Waals surface area contributed by atoms with Crippen molar-refractivity contribution < 1.29 is 13.2 Å². The third-order valence-electron chi connectivity index (χ3n) is 2.55. The molecule has 0 aliphatic heterocycles. The second-order valence-corrected chi connectivity index (χ2v) is 5.93. The van der Waals surface area contributed by atoms with Gasteiger partial charge in [0.25, 0.3) is 0 Å². The van der Waals surface area contributed by atoms with Crippen molar-refractivity contribution in [3.05, 3.63) is 30.3 Å². The second kappa shape index (κ2) is 7.91. The van der Waals surface area contributed by atoms with Gasteiger partial charge in [-0.2, -0.15) is 0 Å². The van der Waals surface area contributed by atoms with Crippen molar-refractivity contribution in [1.82, 2.24) is 10.0 Å². The van der Waals surface area contributed by atoms with Crippen molar-refractivity contribution in [3.8, 4) is 0 Å². The molecule has 0 aliphatic carbocycles. The van der Waals surface area contributed by atoms with Crippen LogP contribution in [0.4, 0.5) is 0 Å². The number of carbonyl (C=O) groups excluding carboxylic acids is 1. The number of sulfonamides is 1. The third-order valence-corrected chi connectivity index (χ3v) is 4.03. The molecule has 6 heteroatoms. The quantitative estimate of drug-likeness (QED) is 0.706. The lowest BCUT2D eigenvalue weighted by atomic mass is 10.3. The van der Waals surface area contributed by atoms with Gasteiger partial charge in [0, 0.05) is 19.5 Å². The van der Waals surface area contributed by atoms with Crippen LogP contribution < -0.4 is 10.0 Å². The largest absolute Gasteiger partial charge is 0.356 e. The lowest BCUT2D eigenvalue weighted by Crippen LogP contribution is -2.31. The fraction of sp³-hybridized carbons (Fsp3) is 0.462. The van der Waals surface area contributed by atoms with Crippen LogP contribution in [-0.2, 0) is 14.8 Å². The number of nitrogens with one attached hydrogen (secondary N) is 2. The van der Waals surface area contributed by atoms with E-state index in [1.807, 2.05) is 6.92 Å². The van der Waals surface area contributed by atoms with Crippen LogP contribution in [0.1, 0.15) is 26.2 Å². The van der Waals surface area contributed by atoms with E-state index in [-0.39, 0.29) is 23.8 Å². The minimum absolute atomic E-state index is 0.106. The molecule has 0 radical (unpaired) electrons. The molecule has 0 unspecified atom stereocenters. The summed E-state index contributed by atoms with van der Waals surface area (Å²) in [7, 11) is -3.51. The molecule has 1 aromatic rings. The lowest BCUT2D eigenvalue weighted by Gasteiger charge is -2.07. The molecule has 0 bridgehead atoms. The number of carbonyl (C=O) groups is 1. The van der Waals surface area contributed by atoms with Gasteiger partial charge >= 0.3 is 0 Å². The van der Waals surface area contributed by atoms with E-state index in [0.717, 1.165) is 12.8 Å². The Balaban J connectivity index is 2.35. The average Bonchev–Trinajstić information content (AvgIpc) is 2.40. The summed E-state index contributed by atoms with van der Waals surface area (Å²) in [6.45, 7) is 2.79. The van der Waals surface area contributed by atoms with Crippen molar-refractivity contribution in [2.24, 2.45) is 0 Å². The smallest absolute Gasteiger partial charge is 0.240 e. The van der Waals surface area contributed by atoms with Crippen LogP contribution in [0.3, 0.4) is 0 Å². The molecule has 0 saturated heterocycles. The van der Waals surface area contributed by atoms with Crippen molar-refractivity contribution in [1.29, 1.82) is 0 Å². The molecule has 2 N–H and O–H groups in total. The summed E-state index contributed by atoms with van der Waals surface area (Å²) < 4.78 is 26.1. The molecule has 0 aliphatic rings. The van der Waals surface area contributed by atoms with Gasteiger partial charge in [-0.25, -0.2) is 13.1 Å². The van der Waals surface area contributed by atoms with Gasteiger partial charge in [0.1, 0.15) is 0 Å². The summed E-state index contributed by atoms with van der Waals surface area (Å²) in [6, 6.07) is 8.10. The highest BCUT2D eigenvalue weighted by Gasteiger charge is 2.12. The standard InChI is InChI=1S/C13H20N2O3S/c1-2-3-10-14-13(16)9-11-15-19(17,18)12-7-5-4-6-8-12/h4-8,15H,2-3,9-11H2,1H3,(H,14,16). The van der Waals surface area contributed by atoms with Crippen LogP contribution >= 0.6 is 0 Å². The minimum atomic E-state index is -3.51. The molecule has 1 amide bonds. The van der Waals surface area contributed by atoms with Gasteiger partial charge in [-0.15, -0.1) is 0 Å². The Morgan fingerprint density at radius 2 is 1.84 bits per heavy atom. The molecule has 19 heavy (non-hydrogen) atoms. The van der Waals surface area contributed by atoms with Gasteiger partial charge in [-0.3, -0.25) is 4.79 Å². The van der Waals surface area contributed by atoms with Gasteiger partial charge < -0.3 is 5.32 Å². The monoisotopic (exact) mass is 284 g/mol. The first-order valence-corrected chi connectivity index (χ1v) is 7.86. The van der Waals surface area contributed by atoms with Crippen LogP contribution in [0.2, 0.25) is 0 Å². The van der Waals surface area contributed by atoms with Crippen LogP contribution in [0.15, 0.2) is 35.2 Å². The van der Waals surface area contributed by atoms with E-state index in [2.05, 4.69) is 10.0 Å². The maximum Gasteiger partial charge on any atom is 0.240 e. The SMILES string of the molecule is CCCCNC(=O)CCNS(=O)(=O)c1ccccc1. The molecule has 1 rings (SSSR count). The van der Waals surface area contributed by atoms with E-state index in [0.29, 0.717) is 6.54 Å². The van der Waals surface area contributed by atoms with Crippen molar-refractivity contribution in [2.45, 2.75) is 31.1 Å². The molecular formula is C13H20N2O3S. The highest BCUT2D eigenvalue weighted by molar-refractivity contribution is 7.89. The van der Waals surface area contributed by atoms with E-state index in [1.54, 1.807) is 18.2 Å². The van der Waals surface area contributed by atoms with E-state index in [4.69, 9.17) is 0 Å². The van der Waals surface area contributed by atoms with Gasteiger partial charge in [0.05, 0.1) is 4.90 Å². The van der Waals surface area contributed by atoms with Gasteiger partial charge in [-0.1, -0.05) is 31.5 Å². The summed E-state index contributed by atoms with van der Waals surface area (Å²) in [5, 5.41) is 2.74. The zero-order valence-corrected chi connectivity index (χ0v) is 11.9. The predicted molar refractivity (Wildman–Crippen MR) is 74.2 cm³/mol. The first kappa shape index (κ1) is 15.7. The number of hydrogen-bond donors (Lipinski definition) is 2. The van der Waals surface area contributed by atoms with E-state index >= 15 is 0 Å². The van der Waals surface area contributed by atoms with Gasteiger partial charge in [0.15, 0.2) is 0 Å². The molecule has 106 valence electrons. The lowest BCUT2D eigenvalue weighted by molar-refractivity contribution is -0.120. The van der Waals surface area contributed by atoms with Crippen molar-refractivity contribution in [2.75, 3.05) is 13.1 Å². The third kappa shape index (κ3) is 5.85. The first-order valence-electron chi connectivity index (χ1n) is 6.37. The second-order valence-electron chi connectivity index (χ2n) is 4.16. The summed E-state index contributed by atoms with van der Waals surface area (Å²) in [5.41, 5.74) is 0. The Morgan fingerprint density at radius 3 is 2.47 bits per heavy atom. The number of hydrogen-bond acceptors (Lipinski definition) is 3. The number of rotatable bonds is 8. The molecule has 0 fully saturated rings. The van der Waals surface area contributed by atoms with Gasteiger partial charge in [-0.05, 0) is 18.6 Å². The average molecular weight is 284 g/mol. The Bertz CT molecular complexity index is 486. The Kier molecular flexibility index (Phi) is 6.52. The van der Waals surface area contributed by atoms with Crippen LogP contribution in [0.25, 0.3) is 0 Å². The Labute approximate surface area is 114 Å². The predicted octanol–water partition coefficient (Wildman–Crippen LogP) is 1.27. The minimum Gasteiger partial charge on any atom is -0.356 e. The molecule has 5 nitrogen and oxygen atoms in total. The van der Waals surface area contributed by atoms with Crippen LogP contribution in [0, 0.1) is 0 Å². The van der Waals surface area contributed by atoms with Crippen molar-refractivity contribution >= 4 is 15.9 Å². The zero-order chi connectivity index (χ0) is 14.1. The highest BCUT2D eigenvalue weighted by Crippen LogP contribution is 2.06. The number of unbranched alkanes of at least 4 members (excludes halogenated alkanes) is 1. The zero-order valence-electron chi connectivity index (χ0n) is 11.1. The molecule has 0 atom stereocenters. The molecule has 0 heterocycles. The molecular weight excluding hydrogens is 264 g/mol. The molecule has 0 aromatic heterocycles. The normalized spacial score (nSPS) is 11.2. The van der Waals surface area contributed by atoms with E-state index < -0.39 is 10.0 Å². The van der Waals surface area contributed by atoms with Crippen LogP contribution in [0.5, 0.6) is 0 Å². The Morgan fingerprint density at radius 1 is 1.16 bits per heavy atom. The summed E-state index contributed by atoms with van der Waals surface area (Å²) in [6.07, 6.45) is 2.10. The fourth-order valence-corrected chi connectivity index (χ4v) is 2.53. The maximum atomic E-state index is 11.8. The molecule has 0 spiro atoms. The Hall–Kier alpha value is -1.40. The highest BCUT2D eigenvalue weighted by atomic mass is 32.2. The van der Waals surface area contributed by atoms with Crippen molar-refractivity contribution in [3.63, 3.8) is 0 Å². The van der Waals surface area contributed by atoms with E-state index in [9.17, 15) is 13.2 Å². The molecule has 0 saturated carbocycles. The topological polar surface area (TPSA) is 75.3 Å². The summed E-state index contributed by atoms with van der Waals surface area (Å²) in [5.74, 6) is -0.135. The van der Waals surface area contributed by atoms with E-state index in [1.165, 1.54) is 12.1 Å². The fourth-order valence-electron chi connectivity index (χ4n) is 1.47. The number of benzene rings is 1. The van der Waals surface area contributed by atoms with Crippen LogP contribution in [-0.4, -0.2) is 27.4 Å². The molecule has 1 aromatic carbocycles. The number of amides is 1. The maximum absolute atomic E-state index is 11.8.